The lowest BCUT2D eigenvalue weighted by molar-refractivity contribution is 0.355. The number of rotatable bonds is 6. The molecule has 1 aromatic carbocycles. The van der Waals surface area contributed by atoms with Gasteiger partial charge in [0.2, 0.25) is 0 Å². The summed E-state index contributed by atoms with van der Waals surface area (Å²) in [5.41, 5.74) is 1.94. The van der Waals surface area contributed by atoms with Gasteiger partial charge < -0.3 is 14.5 Å². The zero-order valence-electron chi connectivity index (χ0n) is 13.5. The SMILES string of the molecule is CCCCc1nc(C)c(-c2ccc(OC)c(OC)c2)c(=O)[nH]1. The van der Waals surface area contributed by atoms with Crippen molar-refractivity contribution in [2.75, 3.05) is 14.2 Å². The molecule has 0 spiro atoms. The molecule has 0 aliphatic carbocycles. The van der Waals surface area contributed by atoms with Crippen LogP contribution in [0.5, 0.6) is 11.5 Å². The molecule has 0 bridgehead atoms. The molecule has 1 aromatic heterocycles. The molecule has 5 heteroatoms. The second kappa shape index (κ2) is 7.11. The summed E-state index contributed by atoms with van der Waals surface area (Å²) in [5.74, 6) is 1.97. The number of methoxy groups -OCH3 is 2. The van der Waals surface area contributed by atoms with Gasteiger partial charge in [0.25, 0.3) is 5.56 Å². The lowest BCUT2D eigenvalue weighted by atomic mass is 10.0. The molecule has 0 aliphatic rings. The Morgan fingerprint density at radius 2 is 1.91 bits per heavy atom. The quantitative estimate of drug-likeness (QED) is 0.890. The highest BCUT2D eigenvalue weighted by Gasteiger charge is 2.13. The molecule has 1 N–H and O–H groups in total. The van der Waals surface area contributed by atoms with E-state index in [2.05, 4.69) is 16.9 Å². The summed E-state index contributed by atoms with van der Waals surface area (Å²) in [6, 6.07) is 5.42. The minimum atomic E-state index is -0.120. The molecule has 0 aliphatic heterocycles. The normalized spacial score (nSPS) is 10.5. The molecule has 118 valence electrons. The average Bonchev–Trinajstić information content (AvgIpc) is 2.52. The number of nitrogens with zero attached hydrogens (tertiary/aromatic N) is 1. The summed E-state index contributed by atoms with van der Waals surface area (Å²) in [6.45, 7) is 3.97. The van der Waals surface area contributed by atoms with Crippen LogP contribution in [0.3, 0.4) is 0 Å². The summed E-state index contributed by atoms with van der Waals surface area (Å²) < 4.78 is 10.5. The van der Waals surface area contributed by atoms with Crippen LogP contribution < -0.4 is 15.0 Å². The van der Waals surface area contributed by atoms with Crippen molar-refractivity contribution < 1.29 is 9.47 Å². The molecule has 5 nitrogen and oxygen atoms in total. The first-order valence-corrected chi connectivity index (χ1v) is 7.42. The predicted molar refractivity (Wildman–Crippen MR) is 86.7 cm³/mol. The molecule has 0 amide bonds. The maximum Gasteiger partial charge on any atom is 0.259 e. The molecule has 0 radical (unpaired) electrons. The van der Waals surface area contributed by atoms with Crippen LogP contribution in [0.1, 0.15) is 31.3 Å². The van der Waals surface area contributed by atoms with Crippen LogP contribution in [0.2, 0.25) is 0 Å². The second-order valence-electron chi connectivity index (χ2n) is 5.15. The first kappa shape index (κ1) is 16.1. The Balaban J connectivity index is 2.47. The van der Waals surface area contributed by atoms with E-state index in [-0.39, 0.29) is 5.56 Å². The molecule has 22 heavy (non-hydrogen) atoms. The van der Waals surface area contributed by atoms with Crippen molar-refractivity contribution in [2.24, 2.45) is 0 Å². The fourth-order valence-electron chi connectivity index (χ4n) is 2.44. The number of unbranched alkanes of at least 4 members (excludes halogenated alkanes) is 1. The fraction of sp³-hybridized carbons (Fsp3) is 0.412. The molecular formula is C17H22N2O3. The molecule has 1 heterocycles. The van der Waals surface area contributed by atoms with Gasteiger partial charge in [0.15, 0.2) is 11.5 Å². The molecule has 2 rings (SSSR count). The van der Waals surface area contributed by atoms with Gasteiger partial charge in [0, 0.05) is 6.42 Å². The highest BCUT2D eigenvalue weighted by Crippen LogP contribution is 2.31. The van der Waals surface area contributed by atoms with Crippen LogP contribution in [0.4, 0.5) is 0 Å². The Hall–Kier alpha value is -2.30. The summed E-state index contributed by atoms with van der Waals surface area (Å²) in [6.07, 6.45) is 2.87. The number of hydrogen-bond donors (Lipinski definition) is 1. The summed E-state index contributed by atoms with van der Waals surface area (Å²) in [4.78, 5) is 19.8. The van der Waals surface area contributed by atoms with Crippen LogP contribution >= 0.6 is 0 Å². The highest BCUT2D eigenvalue weighted by atomic mass is 16.5. The Labute approximate surface area is 130 Å². The smallest absolute Gasteiger partial charge is 0.259 e. The molecule has 2 aromatic rings. The second-order valence-corrected chi connectivity index (χ2v) is 5.15. The van der Waals surface area contributed by atoms with E-state index in [0.717, 1.165) is 36.3 Å². The fourth-order valence-corrected chi connectivity index (χ4v) is 2.44. The Bertz CT molecular complexity index is 708. The summed E-state index contributed by atoms with van der Waals surface area (Å²) in [7, 11) is 3.16. The third-order valence-corrected chi connectivity index (χ3v) is 3.59. The number of hydrogen-bond acceptors (Lipinski definition) is 4. The van der Waals surface area contributed by atoms with Crippen molar-refractivity contribution >= 4 is 0 Å². The molecule has 0 fully saturated rings. The number of nitrogens with one attached hydrogen (secondary N) is 1. The van der Waals surface area contributed by atoms with E-state index in [1.165, 1.54) is 0 Å². The van der Waals surface area contributed by atoms with Gasteiger partial charge >= 0.3 is 0 Å². The van der Waals surface area contributed by atoms with Crippen molar-refractivity contribution in [3.05, 3.63) is 40.1 Å². The minimum Gasteiger partial charge on any atom is -0.493 e. The van der Waals surface area contributed by atoms with E-state index in [1.54, 1.807) is 26.4 Å². The van der Waals surface area contributed by atoms with Gasteiger partial charge in [-0.05, 0) is 31.0 Å². The molecule has 0 saturated heterocycles. The number of aryl methyl sites for hydroxylation is 2. The van der Waals surface area contributed by atoms with Gasteiger partial charge in [0.05, 0.1) is 25.5 Å². The zero-order valence-corrected chi connectivity index (χ0v) is 13.5. The number of H-pyrrole nitrogens is 1. The first-order chi connectivity index (χ1) is 10.6. The van der Waals surface area contributed by atoms with Crippen molar-refractivity contribution in [3.63, 3.8) is 0 Å². The lowest BCUT2D eigenvalue weighted by Gasteiger charge is -2.11. The Morgan fingerprint density at radius 3 is 2.50 bits per heavy atom. The largest absolute Gasteiger partial charge is 0.493 e. The van der Waals surface area contributed by atoms with Gasteiger partial charge in [-0.25, -0.2) is 4.98 Å². The maximum absolute atomic E-state index is 12.4. The van der Waals surface area contributed by atoms with Crippen molar-refractivity contribution in [1.82, 2.24) is 9.97 Å². The topological polar surface area (TPSA) is 64.2 Å². The van der Waals surface area contributed by atoms with E-state index < -0.39 is 0 Å². The lowest BCUT2D eigenvalue weighted by Crippen LogP contribution is -2.16. The van der Waals surface area contributed by atoms with E-state index >= 15 is 0 Å². The van der Waals surface area contributed by atoms with Gasteiger partial charge in [0.1, 0.15) is 5.82 Å². The Morgan fingerprint density at radius 1 is 1.18 bits per heavy atom. The number of aromatic amines is 1. The third kappa shape index (κ3) is 3.30. The molecule has 0 atom stereocenters. The third-order valence-electron chi connectivity index (χ3n) is 3.59. The van der Waals surface area contributed by atoms with E-state index in [0.29, 0.717) is 17.1 Å². The monoisotopic (exact) mass is 302 g/mol. The number of benzene rings is 1. The summed E-state index contributed by atoms with van der Waals surface area (Å²) in [5, 5.41) is 0. The molecule has 0 saturated carbocycles. The van der Waals surface area contributed by atoms with Crippen LogP contribution in [0.15, 0.2) is 23.0 Å². The van der Waals surface area contributed by atoms with Crippen molar-refractivity contribution in [3.8, 4) is 22.6 Å². The summed E-state index contributed by atoms with van der Waals surface area (Å²) >= 11 is 0. The number of ether oxygens (including phenoxy) is 2. The molecular weight excluding hydrogens is 280 g/mol. The van der Waals surface area contributed by atoms with Gasteiger partial charge in [-0.3, -0.25) is 4.79 Å². The average molecular weight is 302 g/mol. The van der Waals surface area contributed by atoms with Crippen LogP contribution in [0, 0.1) is 6.92 Å². The van der Waals surface area contributed by atoms with E-state index in [4.69, 9.17) is 9.47 Å². The standard InChI is InChI=1S/C17H22N2O3/c1-5-6-7-15-18-11(2)16(17(20)19-15)12-8-9-13(21-3)14(10-12)22-4/h8-10H,5-7H2,1-4H3,(H,18,19,20). The minimum absolute atomic E-state index is 0.120. The van der Waals surface area contributed by atoms with Gasteiger partial charge in [-0.2, -0.15) is 0 Å². The van der Waals surface area contributed by atoms with Crippen LogP contribution in [-0.4, -0.2) is 24.2 Å². The van der Waals surface area contributed by atoms with E-state index in [1.807, 2.05) is 13.0 Å². The maximum atomic E-state index is 12.4. The van der Waals surface area contributed by atoms with Gasteiger partial charge in [-0.15, -0.1) is 0 Å². The van der Waals surface area contributed by atoms with Crippen LogP contribution in [0.25, 0.3) is 11.1 Å². The van der Waals surface area contributed by atoms with Crippen LogP contribution in [-0.2, 0) is 6.42 Å². The highest BCUT2D eigenvalue weighted by molar-refractivity contribution is 5.68. The van der Waals surface area contributed by atoms with Gasteiger partial charge in [-0.1, -0.05) is 19.4 Å². The number of aromatic nitrogens is 2. The first-order valence-electron chi connectivity index (χ1n) is 7.42. The van der Waals surface area contributed by atoms with E-state index in [9.17, 15) is 4.79 Å². The Kier molecular flexibility index (Phi) is 5.20. The zero-order chi connectivity index (χ0) is 16.1. The molecule has 0 unspecified atom stereocenters. The van der Waals surface area contributed by atoms with Crippen molar-refractivity contribution in [2.45, 2.75) is 33.1 Å². The predicted octanol–water partition coefficient (Wildman–Crippen LogP) is 3.11. The van der Waals surface area contributed by atoms with Crippen molar-refractivity contribution in [1.29, 1.82) is 0 Å².